The summed E-state index contributed by atoms with van der Waals surface area (Å²) in [5.41, 5.74) is 3.47. The van der Waals surface area contributed by atoms with Crippen molar-refractivity contribution in [2.75, 3.05) is 13.1 Å². The summed E-state index contributed by atoms with van der Waals surface area (Å²) in [6.07, 6.45) is 3.48. The van der Waals surface area contributed by atoms with E-state index in [0.29, 0.717) is 18.0 Å². The molecule has 1 atom stereocenters. The van der Waals surface area contributed by atoms with Gasteiger partial charge in [-0.15, -0.1) is 0 Å². The SMILES string of the molecule is Cc1cc(C2CCCN(C(=O)c3c4ccccc4nn3C)C2)n2ncnc2n1. The Bertz CT molecular complexity index is 1190. The molecule has 3 aromatic heterocycles. The second-order valence-electron chi connectivity index (χ2n) is 7.37. The third-order valence-electron chi connectivity index (χ3n) is 5.48. The Morgan fingerprint density at radius 1 is 1.25 bits per heavy atom. The minimum absolute atomic E-state index is 0.0292. The molecule has 5 rings (SSSR count). The monoisotopic (exact) mass is 375 g/mol. The summed E-state index contributed by atoms with van der Waals surface area (Å²) in [4.78, 5) is 24.0. The molecule has 1 saturated heterocycles. The average Bonchev–Trinajstić information content (AvgIpc) is 3.30. The van der Waals surface area contributed by atoms with Gasteiger partial charge in [-0.3, -0.25) is 9.48 Å². The maximum Gasteiger partial charge on any atom is 0.272 e. The Kier molecular flexibility index (Phi) is 3.85. The molecule has 8 nitrogen and oxygen atoms in total. The van der Waals surface area contributed by atoms with Gasteiger partial charge in [0.1, 0.15) is 12.0 Å². The molecule has 1 amide bonds. The molecule has 1 unspecified atom stereocenters. The topological polar surface area (TPSA) is 81.2 Å². The number of likely N-dealkylation sites (tertiary alicyclic amines) is 1. The highest BCUT2D eigenvalue weighted by Gasteiger charge is 2.30. The quantitative estimate of drug-likeness (QED) is 0.537. The lowest BCUT2D eigenvalue weighted by Crippen LogP contribution is -2.40. The predicted molar refractivity (Wildman–Crippen MR) is 104 cm³/mol. The number of hydrogen-bond acceptors (Lipinski definition) is 5. The van der Waals surface area contributed by atoms with Crippen LogP contribution in [0, 0.1) is 6.92 Å². The maximum absolute atomic E-state index is 13.4. The van der Waals surface area contributed by atoms with E-state index in [9.17, 15) is 4.79 Å². The third-order valence-corrected chi connectivity index (χ3v) is 5.48. The van der Waals surface area contributed by atoms with Crippen molar-refractivity contribution >= 4 is 22.6 Å². The van der Waals surface area contributed by atoms with Crippen LogP contribution in [0.1, 0.15) is 40.6 Å². The number of amides is 1. The Labute approximate surface area is 161 Å². The number of nitrogens with zero attached hydrogens (tertiary/aromatic N) is 7. The van der Waals surface area contributed by atoms with E-state index in [1.54, 1.807) is 9.20 Å². The van der Waals surface area contributed by atoms with Crippen molar-refractivity contribution in [3.05, 3.63) is 53.7 Å². The summed E-state index contributed by atoms with van der Waals surface area (Å²) in [6.45, 7) is 3.36. The molecule has 28 heavy (non-hydrogen) atoms. The van der Waals surface area contributed by atoms with Gasteiger partial charge >= 0.3 is 0 Å². The van der Waals surface area contributed by atoms with E-state index in [2.05, 4.69) is 26.2 Å². The molecule has 0 N–H and O–H groups in total. The summed E-state index contributed by atoms with van der Waals surface area (Å²) in [5, 5.41) is 9.72. The van der Waals surface area contributed by atoms with Crippen molar-refractivity contribution in [2.45, 2.75) is 25.7 Å². The van der Waals surface area contributed by atoms with E-state index >= 15 is 0 Å². The number of piperidine rings is 1. The summed E-state index contributed by atoms with van der Waals surface area (Å²) in [6, 6.07) is 9.84. The lowest BCUT2D eigenvalue weighted by molar-refractivity contribution is 0.0696. The van der Waals surface area contributed by atoms with E-state index < -0.39 is 0 Å². The van der Waals surface area contributed by atoms with Crippen molar-refractivity contribution in [3.8, 4) is 0 Å². The largest absolute Gasteiger partial charge is 0.337 e. The molecule has 0 radical (unpaired) electrons. The van der Waals surface area contributed by atoms with Crippen LogP contribution in [0.15, 0.2) is 36.7 Å². The summed E-state index contributed by atoms with van der Waals surface area (Å²) >= 11 is 0. The van der Waals surface area contributed by atoms with Gasteiger partial charge in [0.05, 0.1) is 11.2 Å². The summed E-state index contributed by atoms with van der Waals surface area (Å²) in [5.74, 6) is 0.834. The minimum Gasteiger partial charge on any atom is -0.337 e. The molecule has 4 heterocycles. The fraction of sp³-hybridized carbons (Fsp3) is 0.350. The molecule has 8 heteroatoms. The van der Waals surface area contributed by atoms with Gasteiger partial charge in [0.15, 0.2) is 0 Å². The second-order valence-corrected chi connectivity index (χ2v) is 7.37. The second kappa shape index (κ2) is 6.40. The van der Waals surface area contributed by atoms with Gasteiger partial charge in [-0.1, -0.05) is 18.2 Å². The lowest BCUT2D eigenvalue weighted by atomic mass is 9.93. The number of benzene rings is 1. The third kappa shape index (κ3) is 2.64. The van der Waals surface area contributed by atoms with E-state index in [1.165, 1.54) is 6.33 Å². The molecule has 1 aliphatic rings. The molecule has 1 fully saturated rings. The van der Waals surface area contributed by atoms with Crippen LogP contribution in [0.4, 0.5) is 0 Å². The van der Waals surface area contributed by atoms with E-state index in [4.69, 9.17) is 0 Å². The Morgan fingerprint density at radius 2 is 2.11 bits per heavy atom. The van der Waals surface area contributed by atoms with E-state index in [1.807, 2.05) is 43.1 Å². The van der Waals surface area contributed by atoms with Gasteiger partial charge in [-0.25, -0.2) is 9.50 Å². The first-order valence-electron chi connectivity index (χ1n) is 9.50. The van der Waals surface area contributed by atoms with Gasteiger partial charge in [0.25, 0.3) is 11.7 Å². The molecule has 0 aliphatic carbocycles. The number of carbonyl (C=O) groups excluding carboxylic acids is 1. The first-order chi connectivity index (χ1) is 13.6. The average molecular weight is 375 g/mol. The zero-order valence-corrected chi connectivity index (χ0v) is 15.9. The zero-order chi connectivity index (χ0) is 19.3. The number of fused-ring (bicyclic) bond motifs is 2. The van der Waals surface area contributed by atoms with Gasteiger partial charge < -0.3 is 4.90 Å². The molecule has 0 bridgehead atoms. The highest BCUT2D eigenvalue weighted by Crippen LogP contribution is 2.29. The fourth-order valence-corrected chi connectivity index (χ4v) is 4.20. The first-order valence-corrected chi connectivity index (χ1v) is 9.50. The van der Waals surface area contributed by atoms with Crippen LogP contribution in [0.5, 0.6) is 0 Å². The van der Waals surface area contributed by atoms with Crippen LogP contribution in [0.25, 0.3) is 16.7 Å². The van der Waals surface area contributed by atoms with Crippen LogP contribution < -0.4 is 0 Å². The van der Waals surface area contributed by atoms with Gasteiger partial charge in [-0.2, -0.15) is 15.2 Å². The number of hydrogen-bond donors (Lipinski definition) is 0. The first kappa shape index (κ1) is 16.9. The van der Waals surface area contributed by atoms with Crippen LogP contribution in [-0.4, -0.2) is 53.3 Å². The normalized spacial score (nSPS) is 17.5. The molecular formula is C20H21N7O. The van der Waals surface area contributed by atoms with Crippen LogP contribution in [-0.2, 0) is 7.05 Å². The highest BCUT2D eigenvalue weighted by atomic mass is 16.2. The zero-order valence-electron chi connectivity index (χ0n) is 15.9. The summed E-state index contributed by atoms with van der Waals surface area (Å²) in [7, 11) is 1.83. The van der Waals surface area contributed by atoms with Crippen LogP contribution in [0.2, 0.25) is 0 Å². The molecule has 1 aliphatic heterocycles. The van der Waals surface area contributed by atoms with Crippen molar-refractivity contribution in [1.29, 1.82) is 0 Å². The number of rotatable bonds is 2. The highest BCUT2D eigenvalue weighted by molar-refractivity contribution is 6.05. The number of aryl methyl sites for hydroxylation is 2. The summed E-state index contributed by atoms with van der Waals surface area (Å²) < 4.78 is 3.49. The lowest BCUT2D eigenvalue weighted by Gasteiger charge is -2.33. The van der Waals surface area contributed by atoms with Crippen molar-refractivity contribution in [3.63, 3.8) is 0 Å². The van der Waals surface area contributed by atoms with Gasteiger partial charge in [0, 0.05) is 37.1 Å². The van der Waals surface area contributed by atoms with Gasteiger partial charge in [0.2, 0.25) is 0 Å². The Morgan fingerprint density at radius 3 is 3.00 bits per heavy atom. The minimum atomic E-state index is 0.0292. The Hall–Kier alpha value is -3.29. The molecule has 142 valence electrons. The molecular weight excluding hydrogens is 354 g/mol. The fourth-order valence-electron chi connectivity index (χ4n) is 4.20. The number of carbonyl (C=O) groups is 1. The van der Waals surface area contributed by atoms with E-state index in [-0.39, 0.29) is 11.8 Å². The molecule has 4 aromatic rings. The molecule has 0 saturated carbocycles. The van der Waals surface area contributed by atoms with Crippen LogP contribution >= 0.6 is 0 Å². The van der Waals surface area contributed by atoms with Crippen molar-refractivity contribution < 1.29 is 4.79 Å². The maximum atomic E-state index is 13.4. The van der Waals surface area contributed by atoms with Crippen molar-refractivity contribution in [1.82, 2.24) is 34.3 Å². The van der Waals surface area contributed by atoms with Gasteiger partial charge in [-0.05, 0) is 31.9 Å². The molecule has 1 aromatic carbocycles. The van der Waals surface area contributed by atoms with E-state index in [0.717, 1.165) is 41.7 Å². The van der Waals surface area contributed by atoms with Crippen molar-refractivity contribution in [2.24, 2.45) is 7.05 Å². The Balaban J connectivity index is 1.49. The predicted octanol–water partition coefficient (Wildman–Crippen LogP) is 2.34. The standard InChI is InChI=1S/C20H21N7O/c1-13-10-17(27-20(23-13)21-12-22-27)14-6-5-9-26(11-14)19(28)18-15-7-3-4-8-16(15)24-25(18)2/h3-4,7-8,10,12,14H,5-6,9,11H2,1-2H3. The number of aromatic nitrogens is 6. The molecule has 0 spiro atoms. The van der Waals surface area contributed by atoms with Crippen LogP contribution in [0.3, 0.4) is 0 Å². The smallest absolute Gasteiger partial charge is 0.272 e.